The molecule has 39 heavy (non-hydrogen) atoms. The number of likely N-dealkylation sites (N-methyl/N-ethyl adjacent to an activating group) is 1. The number of nitrogens with one attached hydrogen (secondary N) is 2. The topological polar surface area (TPSA) is 111 Å². The summed E-state index contributed by atoms with van der Waals surface area (Å²) < 4.78 is 6.38. The summed E-state index contributed by atoms with van der Waals surface area (Å²) >= 11 is 0. The molecular weight excluding hydrogens is 496 g/mol. The average molecular weight is 537 g/mol. The summed E-state index contributed by atoms with van der Waals surface area (Å²) in [6.45, 7) is 4.22. The van der Waals surface area contributed by atoms with Gasteiger partial charge in [-0.05, 0) is 50.1 Å². The van der Waals surface area contributed by atoms with E-state index in [0.717, 1.165) is 32.1 Å². The van der Waals surface area contributed by atoms with Gasteiger partial charge in [0.05, 0.1) is 24.8 Å². The van der Waals surface area contributed by atoms with Crippen molar-refractivity contribution >= 4 is 29.2 Å². The molecule has 2 aliphatic rings. The van der Waals surface area contributed by atoms with Gasteiger partial charge in [0.25, 0.3) is 5.91 Å². The minimum atomic E-state index is -0.417. The van der Waals surface area contributed by atoms with Crippen molar-refractivity contribution in [2.24, 2.45) is 11.8 Å². The molecule has 210 valence electrons. The number of carbonyl (C=O) groups excluding carboxylic acids is 3. The Hall–Kier alpha value is -3.59. The average Bonchev–Trinajstić information content (AvgIpc) is 2.95. The molecule has 0 radical (unpaired) electrons. The number of fused-ring (bicyclic) bond motifs is 1. The fourth-order valence-corrected chi connectivity index (χ4v) is 5.22. The van der Waals surface area contributed by atoms with Crippen molar-refractivity contribution in [1.29, 1.82) is 0 Å². The molecule has 1 saturated carbocycles. The van der Waals surface area contributed by atoms with Crippen LogP contribution in [-0.2, 0) is 4.79 Å². The third kappa shape index (κ3) is 7.09. The molecule has 0 saturated heterocycles. The van der Waals surface area contributed by atoms with Crippen LogP contribution in [-0.4, -0.2) is 71.6 Å². The molecule has 1 aliphatic heterocycles. The second-order valence-corrected chi connectivity index (χ2v) is 10.8. The zero-order valence-corrected chi connectivity index (χ0v) is 23.1. The molecule has 9 nitrogen and oxygen atoms in total. The van der Waals surface area contributed by atoms with Gasteiger partial charge in [0.15, 0.2) is 0 Å². The minimum absolute atomic E-state index is 0.0126. The van der Waals surface area contributed by atoms with Crippen LogP contribution < -0.4 is 15.4 Å². The van der Waals surface area contributed by atoms with E-state index >= 15 is 0 Å². The Morgan fingerprint density at radius 1 is 1.08 bits per heavy atom. The fourth-order valence-electron chi connectivity index (χ4n) is 5.22. The lowest BCUT2D eigenvalue weighted by atomic mass is 9.88. The molecule has 0 aromatic heterocycles. The predicted molar refractivity (Wildman–Crippen MR) is 151 cm³/mol. The number of anilines is 2. The monoisotopic (exact) mass is 536 g/mol. The zero-order chi connectivity index (χ0) is 27.9. The van der Waals surface area contributed by atoms with Gasteiger partial charge in [0, 0.05) is 36.8 Å². The highest BCUT2D eigenvalue weighted by molar-refractivity contribution is 6.00. The van der Waals surface area contributed by atoms with E-state index in [4.69, 9.17) is 4.74 Å². The van der Waals surface area contributed by atoms with E-state index in [-0.39, 0.29) is 42.8 Å². The Bertz CT molecular complexity index is 1150. The number of benzene rings is 2. The molecule has 2 aromatic carbocycles. The van der Waals surface area contributed by atoms with Gasteiger partial charge in [-0.25, -0.2) is 4.79 Å². The number of hydrogen-bond acceptors (Lipinski definition) is 5. The number of ether oxygens (including phenoxy) is 1. The number of amides is 4. The molecule has 4 rings (SSSR count). The van der Waals surface area contributed by atoms with Crippen LogP contribution in [0, 0.1) is 11.8 Å². The number of aliphatic hydroxyl groups is 1. The molecule has 1 aliphatic carbocycles. The van der Waals surface area contributed by atoms with Crippen molar-refractivity contribution in [2.45, 2.75) is 58.1 Å². The highest BCUT2D eigenvalue weighted by Crippen LogP contribution is 2.32. The molecule has 1 fully saturated rings. The maximum absolute atomic E-state index is 13.7. The first-order valence-electron chi connectivity index (χ1n) is 13.9. The molecule has 3 N–H and O–H groups in total. The van der Waals surface area contributed by atoms with Gasteiger partial charge < -0.3 is 30.3 Å². The highest BCUT2D eigenvalue weighted by atomic mass is 16.5. The van der Waals surface area contributed by atoms with E-state index in [9.17, 15) is 19.5 Å². The third-order valence-electron chi connectivity index (χ3n) is 7.73. The van der Waals surface area contributed by atoms with Gasteiger partial charge >= 0.3 is 6.03 Å². The summed E-state index contributed by atoms with van der Waals surface area (Å²) in [7, 11) is 1.71. The lowest BCUT2D eigenvalue weighted by Gasteiger charge is -2.38. The predicted octanol–water partition coefficient (Wildman–Crippen LogP) is 4.59. The van der Waals surface area contributed by atoms with E-state index in [2.05, 4.69) is 10.6 Å². The van der Waals surface area contributed by atoms with Gasteiger partial charge in [-0.1, -0.05) is 44.4 Å². The lowest BCUT2D eigenvalue weighted by molar-refractivity contribution is -0.120. The van der Waals surface area contributed by atoms with Gasteiger partial charge in [-0.3, -0.25) is 9.59 Å². The first-order chi connectivity index (χ1) is 18.8. The Morgan fingerprint density at radius 3 is 2.49 bits per heavy atom. The second-order valence-electron chi connectivity index (χ2n) is 10.8. The molecule has 0 bridgehead atoms. The van der Waals surface area contributed by atoms with Crippen molar-refractivity contribution in [3.63, 3.8) is 0 Å². The standard InChI is InChI=1S/C30H40N4O5/c1-20-17-34(21(2)19-35)29(37)25-16-24(31-28(36)22-10-6-4-7-11-22)14-15-26(25)39-27(20)18-33(3)30(38)32-23-12-8-5-9-13-23/h5,8-9,12-16,20-22,27,35H,4,6-7,10-11,17-19H2,1-3H3,(H,31,36)(H,32,38)/t20-,21+,27+/m0/s1. The summed E-state index contributed by atoms with van der Waals surface area (Å²) in [6, 6.07) is 13.7. The van der Waals surface area contributed by atoms with Crippen molar-refractivity contribution in [2.75, 3.05) is 37.4 Å². The van der Waals surface area contributed by atoms with E-state index in [1.807, 2.05) is 37.3 Å². The van der Waals surface area contributed by atoms with Crippen LogP contribution in [0.25, 0.3) is 0 Å². The molecule has 4 amide bonds. The van der Waals surface area contributed by atoms with Gasteiger partial charge in [0.2, 0.25) is 5.91 Å². The van der Waals surface area contributed by atoms with Gasteiger partial charge in [-0.2, -0.15) is 0 Å². The first-order valence-corrected chi connectivity index (χ1v) is 13.9. The van der Waals surface area contributed by atoms with Crippen molar-refractivity contribution in [3.8, 4) is 5.75 Å². The lowest BCUT2D eigenvalue weighted by Crippen LogP contribution is -2.50. The van der Waals surface area contributed by atoms with Crippen LogP contribution in [0.5, 0.6) is 5.75 Å². The van der Waals surface area contributed by atoms with Crippen LogP contribution in [0.4, 0.5) is 16.2 Å². The maximum Gasteiger partial charge on any atom is 0.321 e. The Kier molecular flexibility index (Phi) is 9.45. The summed E-state index contributed by atoms with van der Waals surface area (Å²) in [5, 5.41) is 15.8. The van der Waals surface area contributed by atoms with Crippen LogP contribution in [0.1, 0.15) is 56.3 Å². The molecular formula is C30H40N4O5. The Morgan fingerprint density at radius 2 is 1.79 bits per heavy atom. The highest BCUT2D eigenvalue weighted by Gasteiger charge is 2.34. The third-order valence-corrected chi connectivity index (χ3v) is 7.73. The summed E-state index contributed by atoms with van der Waals surface area (Å²) in [4.78, 5) is 42.6. The number of hydrogen-bond donors (Lipinski definition) is 3. The molecule has 1 heterocycles. The summed E-state index contributed by atoms with van der Waals surface area (Å²) in [5.41, 5.74) is 1.56. The normalized spacial score (nSPS) is 20.6. The Balaban J connectivity index is 1.56. The largest absolute Gasteiger partial charge is 0.487 e. The van der Waals surface area contributed by atoms with E-state index in [1.54, 1.807) is 42.0 Å². The van der Waals surface area contributed by atoms with Crippen LogP contribution >= 0.6 is 0 Å². The van der Waals surface area contributed by atoms with Crippen LogP contribution in [0.2, 0.25) is 0 Å². The molecule has 0 unspecified atom stereocenters. The quantitative estimate of drug-likeness (QED) is 0.479. The fraction of sp³-hybridized carbons (Fsp3) is 0.500. The molecule has 3 atom stereocenters. The van der Waals surface area contributed by atoms with Gasteiger partial charge in [-0.15, -0.1) is 0 Å². The van der Waals surface area contributed by atoms with E-state index in [0.29, 0.717) is 29.2 Å². The van der Waals surface area contributed by atoms with Crippen molar-refractivity contribution in [1.82, 2.24) is 9.80 Å². The number of rotatable bonds is 7. The van der Waals surface area contributed by atoms with Crippen molar-refractivity contribution < 1.29 is 24.2 Å². The molecule has 0 spiro atoms. The SMILES string of the molecule is C[C@H](CO)N1C[C@H](C)[C@@H](CN(C)C(=O)Nc2ccccc2)Oc2ccc(NC(=O)C3CCCCC3)cc2C1=O. The number of carbonyl (C=O) groups is 3. The smallest absolute Gasteiger partial charge is 0.321 e. The van der Waals surface area contributed by atoms with E-state index < -0.39 is 12.1 Å². The molecule has 9 heteroatoms. The first kappa shape index (κ1) is 28.4. The Labute approximate surface area is 230 Å². The number of aliphatic hydroxyl groups excluding tert-OH is 1. The number of urea groups is 1. The maximum atomic E-state index is 13.7. The van der Waals surface area contributed by atoms with E-state index in [1.165, 1.54) is 0 Å². The minimum Gasteiger partial charge on any atom is -0.487 e. The summed E-state index contributed by atoms with van der Waals surface area (Å²) in [5.74, 6) is -0.0396. The number of para-hydroxylation sites is 1. The molecule has 2 aromatic rings. The van der Waals surface area contributed by atoms with Crippen LogP contribution in [0.15, 0.2) is 48.5 Å². The number of nitrogens with zero attached hydrogens (tertiary/aromatic N) is 2. The summed E-state index contributed by atoms with van der Waals surface area (Å²) in [6.07, 6.45) is 4.62. The zero-order valence-electron chi connectivity index (χ0n) is 23.1. The second kappa shape index (κ2) is 13.0. The van der Waals surface area contributed by atoms with Crippen molar-refractivity contribution in [3.05, 3.63) is 54.1 Å². The van der Waals surface area contributed by atoms with Crippen LogP contribution in [0.3, 0.4) is 0 Å². The van der Waals surface area contributed by atoms with Gasteiger partial charge in [0.1, 0.15) is 11.9 Å².